The van der Waals surface area contributed by atoms with Crippen LogP contribution in [-0.4, -0.2) is 17.5 Å². The highest BCUT2D eigenvalue weighted by Crippen LogP contribution is 2.23. The maximum absolute atomic E-state index is 11.5. The molecule has 0 aliphatic carbocycles. The molecule has 0 aliphatic rings. The van der Waals surface area contributed by atoms with Crippen LogP contribution in [0.4, 0.5) is 5.69 Å². The Kier molecular flexibility index (Phi) is 4.96. The van der Waals surface area contributed by atoms with Gasteiger partial charge in [0.25, 0.3) is 5.69 Å². The quantitative estimate of drug-likeness (QED) is 0.289. The lowest BCUT2D eigenvalue weighted by Gasteiger charge is -2.04. The summed E-state index contributed by atoms with van der Waals surface area (Å²) in [6.45, 7) is 2.31. The van der Waals surface area contributed by atoms with Gasteiger partial charge in [0.15, 0.2) is 0 Å². The molecule has 17 heavy (non-hydrogen) atoms. The van der Waals surface area contributed by atoms with E-state index in [9.17, 15) is 14.9 Å². The van der Waals surface area contributed by atoms with Gasteiger partial charge in [-0.05, 0) is 18.6 Å². The van der Waals surface area contributed by atoms with Crippen LogP contribution < -0.4 is 0 Å². The zero-order chi connectivity index (χ0) is 12.8. The molecule has 0 aliphatic heterocycles. The average Bonchev–Trinajstić information content (AvgIpc) is 2.29. The number of unbranched alkanes of at least 4 members (excludes halogenated alkanes) is 1. The van der Waals surface area contributed by atoms with Crippen LogP contribution in [0.15, 0.2) is 23.1 Å². The summed E-state index contributed by atoms with van der Waals surface area (Å²) < 4.78 is 4.96. The first-order valence-electron chi connectivity index (χ1n) is 5.20. The lowest BCUT2D eigenvalue weighted by Crippen LogP contribution is -2.07. The molecule has 0 saturated heterocycles. The number of hydrogen-bond donors (Lipinski definition) is 1. The van der Waals surface area contributed by atoms with Crippen LogP contribution in [0.25, 0.3) is 0 Å². The molecule has 92 valence electrons. The van der Waals surface area contributed by atoms with Crippen molar-refractivity contribution in [1.29, 1.82) is 0 Å². The van der Waals surface area contributed by atoms with Crippen LogP contribution in [0.5, 0.6) is 0 Å². The van der Waals surface area contributed by atoms with Crippen molar-refractivity contribution in [3.63, 3.8) is 0 Å². The van der Waals surface area contributed by atoms with Crippen molar-refractivity contribution >= 4 is 24.3 Å². The van der Waals surface area contributed by atoms with Gasteiger partial charge in [0, 0.05) is 6.07 Å². The summed E-state index contributed by atoms with van der Waals surface area (Å²) in [5.74, 6) is -0.546. The minimum atomic E-state index is -0.578. The van der Waals surface area contributed by atoms with Crippen LogP contribution >= 0.6 is 12.6 Å². The van der Waals surface area contributed by atoms with Gasteiger partial charge in [0.05, 0.1) is 22.0 Å². The SMILES string of the molecule is CCCCOC(=O)c1ccc(S)c([N+](=O)[O-])c1. The van der Waals surface area contributed by atoms with Crippen molar-refractivity contribution in [3.8, 4) is 0 Å². The molecule has 1 aromatic carbocycles. The summed E-state index contributed by atoms with van der Waals surface area (Å²) in [5, 5.41) is 10.7. The Morgan fingerprint density at radius 1 is 1.53 bits per heavy atom. The maximum Gasteiger partial charge on any atom is 0.338 e. The Labute approximate surface area is 104 Å². The van der Waals surface area contributed by atoms with Crippen LogP contribution in [0.1, 0.15) is 30.1 Å². The normalized spacial score (nSPS) is 10.0. The second-order valence-corrected chi connectivity index (χ2v) is 3.93. The number of nitro benzene ring substituents is 1. The Balaban J connectivity index is 2.81. The van der Waals surface area contributed by atoms with Gasteiger partial charge in [-0.3, -0.25) is 10.1 Å². The summed E-state index contributed by atoms with van der Waals surface area (Å²) in [7, 11) is 0. The number of rotatable bonds is 5. The lowest BCUT2D eigenvalue weighted by atomic mass is 10.2. The van der Waals surface area contributed by atoms with Gasteiger partial charge < -0.3 is 4.74 Å². The summed E-state index contributed by atoms with van der Waals surface area (Å²) in [5.41, 5.74) is -0.0242. The van der Waals surface area contributed by atoms with E-state index in [-0.39, 0.29) is 16.1 Å². The molecule has 1 rings (SSSR count). The molecule has 0 unspecified atom stereocenters. The minimum absolute atomic E-state index is 0.172. The molecule has 0 N–H and O–H groups in total. The predicted octanol–water partition coefficient (Wildman–Crippen LogP) is 2.84. The molecular weight excluding hydrogens is 242 g/mol. The van der Waals surface area contributed by atoms with Crippen LogP contribution in [0.3, 0.4) is 0 Å². The molecule has 0 spiro atoms. The van der Waals surface area contributed by atoms with E-state index in [1.165, 1.54) is 18.2 Å². The van der Waals surface area contributed by atoms with Crippen molar-refractivity contribution in [2.45, 2.75) is 24.7 Å². The molecule has 6 heteroatoms. The number of benzene rings is 1. The highest BCUT2D eigenvalue weighted by atomic mass is 32.1. The van der Waals surface area contributed by atoms with Gasteiger partial charge in [-0.2, -0.15) is 0 Å². The zero-order valence-electron chi connectivity index (χ0n) is 9.38. The van der Waals surface area contributed by atoms with Gasteiger partial charge in [-0.15, -0.1) is 12.6 Å². The minimum Gasteiger partial charge on any atom is -0.462 e. The first-order valence-corrected chi connectivity index (χ1v) is 5.65. The highest BCUT2D eigenvalue weighted by Gasteiger charge is 2.16. The highest BCUT2D eigenvalue weighted by molar-refractivity contribution is 7.80. The molecule has 0 aromatic heterocycles. The fraction of sp³-hybridized carbons (Fsp3) is 0.364. The third-order valence-corrected chi connectivity index (χ3v) is 2.52. The fourth-order valence-electron chi connectivity index (χ4n) is 1.19. The van der Waals surface area contributed by atoms with E-state index in [0.717, 1.165) is 12.8 Å². The number of hydrogen-bond acceptors (Lipinski definition) is 5. The van der Waals surface area contributed by atoms with Gasteiger partial charge in [0.1, 0.15) is 0 Å². The monoisotopic (exact) mass is 255 g/mol. The van der Waals surface area contributed by atoms with E-state index in [2.05, 4.69) is 12.6 Å². The van der Waals surface area contributed by atoms with Gasteiger partial charge in [-0.1, -0.05) is 13.3 Å². The summed E-state index contributed by atoms with van der Waals surface area (Å²) in [6, 6.07) is 4.05. The molecule has 0 bridgehead atoms. The molecule has 0 saturated carbocycles. The van der Waals surface area contributed by atoms with Crippen LogP contribution in [0.2, 0.25) is 0 Å². The number of ether oxygens (including phenoxy) is 1. The van der Waals surface area contributed by atoms with Crippen molar-refractivity contribution in [2.75, 3.05) is 6.61 Å². The Morgan fingerprint density at radius 3 is 2.82 bits per heavy atom. The first-order chi connectivity index (χ1) is 8.06. The molecular formula is C11H13NO4S. The number of carbonyl (C=O) groups is 1. The zero-order valence-corrected chi connectivity index (χ0v) is 10.3. The Hall–Kier alpha value is -1.56. The van der Waals surface area contributed by atoms with E-state index in [1.54, 1.807) is 0 Å². The van der Waals surface area contributed by atoms with Crippen LogP contribution in [-0.2, 0) is 4.74 Å². The standard InChI is InChI=1S/C11H13NO4S/c1-2-3-6-16-11(13)8-4-5-10(17)9(7-8)12(14)15/h4-5,7,17H,2-3,6H2,1H3. The lowest BCUT2D eigenvalue weighted by molar-refractivity contribution is -0.387. The van der Waals surface area contributed by atoms with E-state index in [4.69, 9.17) is 4.74 Å². The Bertz CT molecular complexity index is 433. The maximum atomic E-state index is 11.5. The molecule has 0 amide bonds. The number of carbonyl (C=O) groups excluding carboxylic acids is 1. The summed E-state index contributed by atoms with van der Waals surface area (Å²) in [6.07, 6.45) is 1.70. The average molecular weight is 255 g/mol. The number of thiol groups is 1. The van der Waals surface area contributed by atoms with Gasteiger partial charge in [0.2, 0.25) is 0 Å². The number of nitrogens with zero attached hydrogens (tertiary/aromatic N) is 1. The smallest absolute Gasteiger partial charge is 0.338 e. The third-order valence-electron chi connectivity index (χ3n) is 2.14. The predicted molar refractivity (Wildman–Crippen MR) is 65.5 cm³/mol. The summed E-state index contributed by atoms with van der Waals surface area (Å²) >= 11 is 3.94. The van der Waals surface area contributed by atoms with E-state index in [1.807, 2.05) is 6.92 Å². The fourth-order valence-corrected chi connectivity index (χ4v) is 1.41. The van der Waals surface area contributed by atoms with Crippen molar-refractivity contribution in [1.82, 2.24) is 0 Å². The van der Waals surface area contributed by atoms with E-state index in [0.29, 0.717) is 6.61 Å². The Morgan fingerprint density at radius 2 is 2.24 bits per heavy atom. The molecule has 0 atom stereocenters. The first kappa shape index (κ1) is 13.5. The second kappa shape index (κ2) is 6.24. The van der Waals surface area contributed by atoms with Gasteiger partial charge in [-0.25, -0.2) is 4.79 Å². The molecule has 0 fully saturated rings. The summed E-state index contributed by atoms with van der Waals surface area (Å²) in [4.78, 5) is 21.8. The van der Waals surface area contributed by atoms with Crippen molar-refractivity contribution in [3.05, 3.63) is 33.9 Å². The van der Waals surface area contributed by atoms with E-state index >= 15 is 0 Å². The van der Waals surface area contributed by atoms with Crippen molar-refractivity contribution < 1.29 is 14.5 Å². The number of nitro groups is 1. The number of esters is 1. The second-order valence-electron chi connectivity index (χ2n) is 3.45. The largest absolute Gasteiger partial charge is 0.462 e. The molecule has 0 radical (unpaired) electrons. The van der Waals surface area contributed by atoms with E-state index < -0.39 is 10.9 Å². The van der Waals surface area contributed by atoms with Gasteiger partial charge >= 0.3 is 5.97 Å². The molecule has 0 heterocycles. The third kappa shape index (κ3) is 3.74. The topological polar surface area (TPSA) is 69.4 Å². The van der Waals surface area contributed by atoms with Crippen LogP contribution in [0, 0.1) is 10.1 Å². The van der Waals surface area contributed by atoms with Crippen molar-refractivity contribution in [2.24, 2.45) is 0 Å². The molecule has 1 aromatic rings. The molecule has 5 nitrogen and oxygen atoms in total.